The quantitative estimate of drug-likeness (QED) is 0.0939. The molecule has 6 aromatic rings. The van der Waals surface area contributed by atoms with E-state index < -0.39 is 67.3 Å². The lowest BCUT2D eigenvalue weighted by atomic mass is 9.96. The molecule has 62 heavy (non-hydrogen) atoms. The van der Waals surface area contributed by atoms with Crippen LogP contribution in [0.1, 0.15) is 69.9 Å². The topological polar surface area (TPSA) is 170 Å². The van der Waals surface area contributed by atoms with Crippen molar-refractivity contribution < 1.29 is 62.2 Å². The van der Waals surface area contributed by atoms with Crippen LogP contribution in [0.2, 0.25) is 0 Å². The van der Waals surface area contributed by atoms with Gasteiger partial charge in [-0.1, -0.05) is 84.9 Å². The minimum absolute atomic E-state index is 0.0438. The van der Waals surface area contributed by atoms with Crippen molar-refractivity contribution in [2.45, 2.75) is 43.2 Å². The number of fused-ring (bicyclic) bond motifs is 1. The molecular weight excluding hydrogens is 797 g/mol. The molecular formula is C49H38O13. The molecule has 1 unspecified atom stereocenters. The van der Waals surface area contributed by atoms with Crippen LogP contribution >= 0.6 is 0 Å². The van der Waals surface area contributed by atoms with Crippen molar-refractivity contribution in [3.8, 4) is 17.2 Å². The fourth-order valence-corrected chi connectivity index (χ4v) is 7.01. The van der Waals surface area contributed by atoms with E-state index in [1.165, 1.54) is 66.7 Å². The highest BCUT2D eigenvalue weighted by Gasteiger charge is 2.54. The lowest BCUT2D eigenvalue weighted by molar-refractivity contribution is -0.275. The zero-order valence-corrected chi connectivity index (χ0v) is 32.8. The number of ketones is 1. The van der Waals surface area contributed by atoms with Gasteiger partial charge in [0.25, 0.3) is 0 Å². The highest BCUT2D eigenvalue weighted by molar-refractivity contribution is 6.00. The number of esters is 4. The van der Waals surface area contributed by atoms with Crippen LogP contribution in [-0.4, -0.2) is 72.1 Å². The molecule has 6 atom stereocenters. The average molecular weight is 835 g/mol. The molecule has 1 fully saturated rings. The Morgan fingerprint density at radius 1 is 0.565 bits per heavy atom. The highest BCUT2D eigenvalue weighted by Crippen LogP contribution is 2.39. The number of Topliss-reactive ketones (excluding diaryl/α,β-unsaturated/α-hetero) is 1. The summed E-state index contributed by atoms with van der Waals surface area (Å²) >= 11 is 0. The van der Waals surface area contributed by atoms with Crippen molar-refractivity contribution in [2.75, 3.05) is 6.61 Å². The van der Waals surface area contributed by atoms with Gasteiger partial charge in [-0.15, -0.1) is 0 Å². The first-order chi connectivity index (χ1) is 30.2. The summed E-state index contributed by atoms with van der Waals surface area (Å²) in [6.07, 6.45) is -8.51. The van der Waals surface area contributed by atoms with E-state index in [-0.39, 0.29) is 57.3 Å². The Kier molecular flexibility index (Phi) is 12.3. The van der Waals surface area contributed by atoms with Crippen LogP contribution < -0.4 is 9.47 Å². The lowest BCUT2D eigenvalue weighted by Crippen LogP contribution is -2.63. The Balaban J connectivity index is 1.19. The molecule has 13 nitrogen and oxygen atoms in total. The molecule has 0 bridgehead atoms. The third kappa shape index (κ3) is 9.48. The van der Waals surface area contributed by atoms with Crippen molar-refractivity contribution in [2.24, 2.45) is 0 Å². The lowest BCUT2D eigenvalue weighted by Gasteiger charge is -2.44. The molecule has 6 aromatic carbocycles. The fourth-order valence-electron chi connectivity index (χ4n) is 7.01. The molecule has 2 heterocycles. The number of phenols is 1. The van der Waals surface area contributed by atoms with Gasteiger partial charge in [0.1, 0.15) is 36.1 Å². The first-order valence-corrected chi connectivity index (χ1v) is 19.7. The Hall–Kier alpha value is -7.77. The molecule has 1 saturated heterocycles. The molecule has 8 rings (SSSR count). The van der Waals surface area contributed by atoms with E-state index in [1.54, 1.807) is 97.1 Å². The SMILES string of the molecule is O=C(OC[C@H]1O[C@@H](Oc2ccc3c(c2)OC(c2ccc(O)cc2)CC3=O)[C@H](OC(=O)c2ccccc2)[C@@H](OC(=O)c2ccccc2)[C@@H]1OC(=O)c1ccccc1)c1ccccc1. The maximum atomic E-state index is 14.0. The molecule has 0 amide bonds. The maximum absolute atomic E-state index is 14.0. The number of carbonyl (C=O) groups is 5. The number of benzene rings is 6. The zero-order valence-electron chi connectivity index (χ0n) is 32.8. The molecule has 0 spiro atoms. The maximum Gasteiger partial charge on any atom is 0.338 e. The van der Waals surface area contributed by atoms with Gasteiger partial charge in [0.05, 0.1) is 34.2 Å². The monoisotopic (exact) mass is 834 g/mol. The van der Waals surface area contributed by atoms with Gasteiger partial charge in [-0.05, 0) is 78.4 Å². The summed E-state index contributed by atoms with van der Waals surface area (Å²) in [5.74, 6) is -3.16. The van der Waals surface area contributed by atoms with Crippen molar-refractivity contribution in [3.05, 3.63) is 197 Å². The smallest absolute Gasteiger partial charge is 0.338 e. The summed E-state index contributed by atoms with van der Waals surface area (Å²) in [4.78, 5) is 68.3. The molecule has 13 heteroatoms. The zero-order chi connectivity index (χ0) is 43.0. The average Bonchev–Trinajstić information content (AvgIpc) is 3.31. The predicted molar refractivity (Wildman–Crippen MR) is 220 cm³/mol. The van der Waals surface area contributed by atoms with Gasteiger partial charge in [0.15, 0.2) is 18.0 Å². The largest absolute Gasteiger partial charge is 0.508 e. The predicted octanol–water partition coefficient (Wildman–Crippen LogP) is 7.74. The first kappa shape index (κ1) is 41.0. The molecule has 2 aliphatic heterocycles. The van der Waals surface area contributed by atoms with Crippen molar-refractivity contribution in [1.82, 2.24) is 0 Å². The Morgan fingerprint density at radius 3 is 1.58 bits per heavy atom. The normalized spacial score (nSPS) is 20.4. The number of hydrogen-bond acceptors (Lipinski definition) is 13. The number of ether oxygens (including phenoxy) is 7. The third-order valence-corrected chi connectivity index (χ3v) is 10.1. The number of rotatable bonds is 12. The van der Waals surface area contributed by atoms with Crippen LogP contribution in [0.3, 0.4) is 0 Å². The van der Waals surface area contributed by atoms with E-state index in [4.69, 9.17) is 33.2 Å². The van der Waals surface area contributed by atoms with Gasteiger partial charge in [0.2, 0.25) is 12.4 Å². The minimum Gasteiger partial charge on any atom is -0.508 e. The van der Waals surface area contributed by atoms with Gasteiger partial charge in [-0.3, -0.25) is 4.79 Å². The van der Waals surface area contributed by atoms with Crippen LogP contribution in [-0.2, 0) is 23.7 Å². The van der Waals surface area contributed by atoms with Crippen molar-refractivity contribution >= 4 is 29.7 Å². The van der Waals surface area contributed by atoms with Crippen LogP contribution in [0, 0.1) is 0 Å². The van der Waals surface area contributed by atoms with Crippen LogP contribution in [0.15, 0.2) is 164 Å². The summed E-state index contributed by atoms with van der Waals surface area (Å²) in [6, 6.07) is 43.0. The fraction of sp³-hybridized carbons (Fsp3) is 0.163. The van der Waals surface area contributed by atoms with Crippen molar-refractivity contribution in [3.63, 3.8) is 0 Å². The van der Waals surface area contributed by atoms with E-state index in [9.17, 15) is 29.1 Å². The van der Waals surface area contributed by atoms with E-state index >= 15 is 0 Å². The number of carbonyl (C=O) groups excluding carboxylic acids is 5. The van der Waals surface area contributed by atoms with E-state index in [2.05, 4.69) is 0 Å². The van der Waals surface area contributed by atoms with Crippen LogP contribution in [0.5, 0.6) is 17.2 Å². The molecule has 312 valence electrons. The van der Waals surface area contributed by atoms with E-state index in [1.807, 2.05) is 0 Å². The molecule has 0 radical (unpaired) electrons. The number of aromatic hydroxyl groups is 1. The number of phenolic OH excluding ortho intramolecular Hbond substituents is 1. The second kappa shape index (κ2) is 18.7. The van der Waals surface area contributed by atoms with Gasteiger partial charge < -0.3 is 38.3 Å². The Labute approximate surface area is 355 Å². The second-order valence-electron chi connectivity index (χ2n) is 14.3. The molecule has 0 saturated carbocycles. The summed E-state index contributed by atoms with van der Waals surface area (Å²) in [5.41, 5.74) is 1.58. The third-order valence-electron chi connectivity index (χ3n) is 10.1. The summed E-state index contributed by atoms with van der Waals surface area (Å²) in [5, 5.41) is 9.82. The highest BCUT2D eigenvalue weighted by atomic mass is 16.7. The van der Waals surface area contributed by atoms with Crippen LogP contribution in [0.25, 0.3) is 0 Å². The summed E-state index contributed by atoms with van der Waals surface area (Å²) < 4.78 is 43.3. The van der Waals surface area contributed by atoms with E-state index in [0.717, 1.165) is 0 Å². The van der Waals surface area contributed by atoms with Gasteiger partial charge in [-0.2, -0.15) is 0 Å². The van der Waals surface area contributed by atoms with Gasteiger partial charge in [-0.25, -0.2) is 19.2 Å². The Bertz CT molecular complexity index is 2530. The van der Waals surface area contributed by atoms with Crippen LogP contribution in [0.4, 0.5) is 0 Å². The first-order valence-electron chi connectivity index (χ1n) is 19.7. The standard InChI is InChI=1S/C49H38O13/c50-35-23-21-30(22-24-35)39-28-38(51)37-26-25-36(27-40(37)58-39)57-49-44(62-48(55)34-19-11-4-12-20-34)43(61-47(54)33-17-9-3-10-18-33)42(60-46(53)32-15-7-2-8-16-32)41(59-49)29-56-45(52)31-13-5-1-6-14-31/h1-27,39,41-44,49-50H,28-29H2/t39?,41-,42-,43+,44-,49-/m1/s1. The molecule has 0 aromatic heterocycles. The molecule has 1 N–H and O–H groups in total. The minimum atomic E-state index is -1.65. The Morgan fingerprint density at radius 2 is 1.05 bits per heavy atom. The number of hydrogen-bond donors (Lipinski definition) is 1. The second-order valence-corrected chi connectivity index (χ2v) is 14.3. The summed E-state index contributed by atoms with van der Waals surface area (Å²) in [7, 11) is 0. The summed E-state index contributed by atoms with van der Waals surface area (Å²) in [6.45, 7) is -0.546. The van der Waals surface area contributed by atoms with Gasteiger partial charge in [0, 0.05) is 6.07 Å². The van der Waals surface area contributed by atoms with Crippen molar-refractivity contribution in [1.29, 1.82) is 0 Å². The molecule has 2 aliphatic rings. The van der Waals surface area contributed by atoms with Gasteiger partial charge >= 0.3 is 23.9 Å². The van der Waals surface area contributed by atoms with E-state index in [0.29, 0.717) is 5.56 Å². The molecule has 0 aliphatic carbocycles.